The zero-order valence-electron chi connectivity index (χ0n) is 13.8. The second-order valence-corrected chi connectivity index (χ2v) is 5.96. The lowest BCUT2D eigenvalue weighted by atomic mass is 9.90. The van der Waals surface area contributed by atoms with E-state index < -0.39 is 6.03 Å². The molecule has 0 aliphatic heterocycles. The fraction of sp³-hybridized carbons (Fsp3) is 0.368. The molecule has 4 nitrogen and oxygen atoms in total. The molecule has 23 heavy (non-hydrogen) atoms. The van der Waals surface area contributed by atoms with E-state index >= 15 is 0 Å². The lowest BCUT2D eigenvalue weighted by Crippen LogP contribution is -2.32. The number of amides is 2. The van der Waals surface area contributed by atoms with Crippen LogP contribution in [0.3, 0.4) is 0 Å². The first-order valence-corrected chi connectivity index (χ1v) is 7.98. The molecule has 2 aliphatic carbocycles. The quantitative estimate of drug-likeness (QED) is 0.862. The van der Waals surface area contributed by atoms with Crippen LogP contribution in [-0.2, 0) is 4.79 Å². The van der Waals surface area contributed by atoms with Gasteiger partial charge in [0.05, 0.1) is 0 Å². The van der Waals surface area contributed by atoms with Crippen LogP contribution in [0.4, 0.5) is 4.79 Å². The molecule has 2 N–H and O–H groups in total. The van der Waals surface area contributed by atoms with E-state index in [-0.39, 0.29) is 5.78 Å². The third-order valence-electron chi connectivity index (χ3n) is 4.12. The minimum Gasteiger partial charge on any atom is -0.351 e. The summed E-state index contributed by atoms with van der Waals surface area (Å²) in [5.74, 6) is 0.0923. The van der Waals surface area contributed by atoms with Crippen LogP contribution in [0, 0.1) is 0 Å². The third kappa shape index (κ3) is 4.55. The van der Waals surface area contributed by atoms with Gasteiger partial charge >= 0.3 is 6.03 Å². The number of rotatable bonds is 3. The summed E-state index contributed by atoms with van der Waals surface area (Å²) in [7, 11) is 1.66. The normalized spacial score (nSPS) is 26.2. The minimum absolute atomic E-state index is 0.0923. The number of primary amides is 1. The molecule has 0 aromatic rings. The number of hydrogen-bond acceptors (Lipinski definition) is 2. The first-order valence-electron chi connectivity index (χ1n) is 7.98. The number of carbonyl (C=O) groups is 2. The molecular weight excluding hydrogens is 288 g/mol. The van der Waals surface area contributed by atoms with Gasteiger partial charge in [-0.15, -0.1) is 0 Å². The number of nitrogens with zero attached hydrogens (tertiary/aromatic N) is 1. The second-order valence-electron chi connectivity index (χ2n) is 5.96. The number of likely N-dealkylation sites (N-methyl/N-ethyl adjacent to an activating group) is 1. The predicted octanol–water partition coefficient (Wildman–Crippen LogP) is 3.78. The van der Waals surface area contributed by atoms with Gasteiger partial charge in [0, 0.05) is 19.2 Å². The number of nitrogens with two attached hydrogens (primary N) is 1. The molecule has 0 saturated heterocycles. The lowest BCUT2D eigenvalue weighted by molar-refractivity contribution is -0.116. The summed E-state index contributed by atoms with van der Waals surface area (Å²) < 4.78 is 0. The zero-order valence-corrected chi connectivity index (χ0v) is 13.8. The molecular formula is C19H24N2O2. The molecule has 2 aliphatic rings. The van der Waals surface area contributed by atoms with Crippen molar-refractivity contribution in [3.8, 4) is 0 Å². The van der Waals surface area contributed by atoms with E-state index in [0.717, 1.165) is 42.5 Å². The van der Waals surface area contributed by atoms with Gasteiger partial charge in [0.25, 0.3) is 0 Å². The van der Waals surface area contributed by atoms with Crippen LogP contribution in [0.25, 0.3) is 0 Å². The Morgan fingerprint density at radius 3 is 2.70 bits per heavy atom. The van der Waals surface area contributed by atoms with E-state index in [4.69, 9.17) is 5.73 Å². The molecule has 0 radical (unpaired) electrons. The third-order valence-corrected chi connectivity index (χ3v) is 4.12. The second kappa shape index (κ2) is 7.77. The first kappa shape index (κ1) is 17.0. The van der Waals surface area contributed by atoms with Gasteiger partial charge in [-0.25, -0.2) is 4.79 Å². The van der Waals surface area contributed by atoms with Crippen molar-refractivity contribution in [2.45, 2.75) is 39.0 Å². The number of ketones is 1. The van der Waals surface area contributed by atoms with Crippen molar-refractivity contribution < 1.29 is 9.59 Å². The predicted molar refractivity (Wildman–Crippen MR) is 92.6 cm³/mol. The Balaban J connectivity index is 2.54. The molecule has 0 fully saturated rings. The maximum absolute atomic E-state index is 11.7. The van der Waals surface area contributed by atoms with Crippen molar-refractivity contribution in [1.29, 1.82) is 0 Å². The highest BCUT2D eigenvalue weighted by Gasteiger charge is 2.18. The molecule has 0 aromatic carbocycles. The maximum Gasteiger partial charge on any atom is 0.318 e. The number of fused-ring (bicyclic) bond motifs is 1. The van der Waals surface area contributed by atoms with E-state index in [2.05, 4.69) is 12.2 Å². The van der Waals surface area contributed by atoms with Crippen LogP contribution in [0.1, 0.15) is 39.0 Å². The molecule has 122 valence electrons. The molecule has 0 heterocycles. The van der Waals surface area contributed by atoms with E-state index in [1.54, 1.807) is 14.0 Å². The van der Waals surface area contributed by atoms with Gasteiger partial charge in [-0.05, 0) is 55.4 Å². The van der Waals surface area contributed by atoms with Gasteiger partial charge < -0.3 is 5.73 Å². The zero-order chi connectivity index (χ0) is 16.8. The average molecular weight is 312 g/mol. The Bertz CT molecular complexity index is 648. The Morgan fingerprint density at radius 2 is 2.00 bits per heavy atom. The fourth-order valence-electron chi connectivity index (χ4n) is 2.92. The van der Waals surface area contributed by atoms with E-state index in [0.29, 0.717) is 6.42 Å². The summed E-state index contributed by atoms with van der Waals surface area (Å²) in [6, 6.07) is -0.515. The van der Waals surface area contributed by atoms with E-state index in [9.17, 15) is 9.59 Å². The smallest absolute Gasteiger partial charge is 0.318 e. The Hall–Kier alpha value is -2.36. The van der Waals surface area contributed by atoms with Crippen LogP contribution < -0.4 is 5.73 Å². The molecule has 0 atom stereocenters. The molecule has 0 bridgehead atoms. The number of urea groups is 1. The Morgan fingerprint density at radius 1 is 1.22 bits per heavy atom. The summed E-state index contributed by atoms with van der Waals surface area (Å²) in [5.41, 5.74) is 9.55. The van der Waals surface area contributed by atoms with Crippen molar-refractivity contribution in [1.82, 2.24) is 4.90 Å². The van der Waals surface area contributed by atoms with Crippen molar-refractivity contribution in [2.75, 3.05) is 7.05 Å². The van der Waals surface area contributed by atoms with Gasteiger partial charge in [0.2, 0.25) is 0 Å². The fourth-order valence-corrected chi connectivity index (χ4v) is 2.92. The highest BCUT2D eigenvalue weighted by Crippen LogP contribution is 2.29. The number of Topliss-reactive ketones (excluding diaryl/α,β-unsaturated/α-hetero) is 1. The number of allylic oxidation sites excluding steroid dienone is 9. The summed E-state index contributed by atoms with van der Waals surface area (Å²) in [5, 5.41) is 0. The highest BCUT2D eigenvalue weighted by molar-refractivity contribution is 5.80. The molecule has 2 rings (SSSR count). The Kier molecular flexibility index (Phi) is 5.74. The van der Waals surface area contributed by atoms with Crippen molar-refractivity contribution >= 4 is 11.8 Å². The topological polar surface area (TPSA) is 63.4 Å². The number of carbonyl (C=O) groups excluding carboxylic acids is 2. The van der Waals surface area contributed by atoms with Crippen LogP contribution in [0.15, 0.2) is 58.9 Å². The summed E-state index contributed by atoms with van der Waals surface area (Å²) >= 11 is 0. The van der Waals surface area contributed by atoms with E-state index in [1.165, 1.54) is 10.5 Å². The largest absolute Gasteiger partial charge is 0.351 e. The molecule has 4 heteroatoms. The summed E-state index contributed by atoms with van der Waals surface area (Å²) in [6.07, 6.45) is 16.4. The van der Waals surface area contributed by atoms with Crippen molar-refractivity contribution in [3.63, 3.8) is 0 Å². The minimum atomic E-state index is -0.515. The van der Waals surface area contributed by atoms with Crippen LogP contribution in [-0.4, -0.2) is 23.8 Å². The van der Waals surface area contributed by atoms with Crippen LogP contribution in [0.5, 0.6) is 0 Å². The SMILES string of the molecule is CC(=O)C/C1=C(N(C)C(N)=O)/C=C2/C=C\C=C/CCC2=CCC1. The summed E-state index contributed by atoms with van der Waals surface area (Å²) in [6.45, 7) is 1.57. The Labute approximate surface area is 137 Å². The van der Waals surface area contributed by atoms with Crippen molar-refractivity contribution in [2.24, 2.45) is 5.73 Å². The van der Waals surface area contributed by atoms with Crippen molar-refractivity contribution in [3.05, 3.63) is 58.9 Å². The van der Waals surface area contributed by atoms with Gasteiger partial charge in [0.1, 0.15) is 5.78 Å². The molecule has 0 aromatic heterocycles. The average Bonchev–Trinajstić information content (AvgIpc) is 2.45. The van der Waals surface area contributed by atoms with Crippen LogP contribution in [0.2, 0.25) is 0 Å². The van der Waals surface area contributed by atoms with E-state index in [1.807, 2.05) is 24.3 Å². The number of hydrogen-bond donors (Lipinski definition) is 1. The van der Waals surface area contributed by atoms with Gasteiger partial charge in [0.15, 0.2) is 0 Å². The molecule has 2 amide bonds. The van der Waals surface area contributed by atoms with Gasteiger partial charge in [-0.1, -0.05) is 30.4 Å². The van der Waals surface area contributed by atoms with Crippen LogP contribution >= 0.6 is 0 Å². The molecule has 0 saturated carbocycles. The first-order chi connectivity index (χ1) is 11.0. The maximum atomic E-state index is 11.7. The van der Waals surface area contributed by atoms with Gasteiger partial charge in [-0.3, -0.25) is 9.69 Å². The highest BCUT2D eigenvalue weighted by atomic mass is 16.2. The monoisotopic (exact) mass is 312 g/mol. The standard InChI is InChI=1S/C19H24N2O2/c1-14(22)12-17-11-7-10-15-8-5-3-4-6-9-16(15)13-18(17)21(2)19(20)23/h3-4,6,9-10,13H,5,7-8,11-12H2,1-2H3,(H2,20,23)/b4-3-,9-6-,15-10?,16-13-,18-17-. The lowest BCUT2D eigenvalue weighted by Gasteiger charge is -2.23. The van der Waals surface area contributed by atoms with Gasteiger partial charge in [-0.2, -0.15) is 0 Å². The summed E-state index contributed by atoms with van der Waals surface area (Å²) in [4.78, 5) is 24.7. The molecule has 0 unspecified atom stereocenters. The molecule has 0 spiro atoms.